The van der Waals surface area contributed by atoms with Crippen LogP contribution in [0.4, 0.5) is 13.2 Å². The zero-order valence-corrected chi connectivity index (χ0v) is 10.7. The van der Waals surface area contributed by atoms with Crippen molar-refractivity contribution in [3.63, 3.8) is 0 Å². The number of benzene rings is 2. The number of ether oxygens (including phenoxy) is 1. The van der Waals surface area contributed by atoms with Gasteiger partial charge in [-0.3, -0.25) is 0 Å². The lowest BCUT2D eigenvalue weighted by Crippen LogP contribution is -2.10. The molecule has 0 aliphatic heterocycles. The molecule has 2 rings (SSSR count). The van der Waals surface area contributed by atoms with E-state index in [-0.39, 0.29) is 6.61 Å². The lowest BCUT2D eigenvalue weighted by molar-refractivity contribution is -0.137. The Morgan fingerprint density at radius 2 is 1.76 bits per heavy atom. The first-order chi connectivity index (χ1) is 9.88. The van der Waals surface area contributed by atoms with Gasteiger partial charge in [-0.1, -0.05) is 30.3 Å². The average molecular weight is 296 g/mol. The standard InChI is InChI=1S/C15H11F3O3/c16-15(17,18)11-6-7-13(19)12(8-11)14(20)21-9-10-4-2-1-3-5-10/h1-8,19H,9H2. The maximum Gasteiger partial charge on any atom is 0.416 e. The van der Waals surface area contributed by atoms with E-state index in [1.807, 2.05) is 0 Å². The van der Waals surface area contributed by atoms with E-state index in [9.17, 15) is 23.1 Å². The first-order valence-corrected chi connectivity index (χ1v) is 5.99. The first kappa shape index (κ1) is 14.9. The minimum Gasteiger partial charge on any atom is -0.507 e. The molecule has 2 aromatic carbocycles. The Morgan fingerprint density at radius 3 is 2.38 bits per heavy atom. The van der Waals surface area contributed by atoms with Crippen molar-refractivity contribution in [1.82, 2.24) is 0 Å². The molecule has 6 heteroatoms. The minimum atomic E-state index is -4.60. The van der Waals surface area contributed by atoms with Crippen LogP contribution in [0.3, 0.4) is 0 Å². The van der Waals surface area contributed by atoms with E-state index in [0.29, 0.717) is 17.7 Å². The van der Waals surface area contributed by atoms with Crippen LogP contribution in [0.1, 0.15) is 21.5 Å². The fourth-order valence-electron chi connectivity index (χ4n) is 1.68. The second-order valence-corrected chi connectivity index (χ2v) is 4.29. The van der Waals surface area contributed by atoms with Crippen molar-refractivity contribution in [1.29, 1.82) is 0 Å². The van der Waals surface area contributed by atoms with Crippen molar-refractivity contribution in [3.05, 3.63) is 65.2 Å². The van der Waals surface area contributed by atoms with Gasteiger partial charge < -0.3 is 9.84 Å². The normalized spacial score (nSPS) is 11.2. The predicted octanol–water partition coefficient (Wildman–Crippen LogP) is 3.77. The molecule has 0 heterocycles. The molecule has 0 unspecified atom stereocenters. The lowest BCUT2D eigenvalue weighted by Gasteiger charge is -2.10. The number of rotatable bonds is 3. The molecule has 0 spiro atoms. The third kappa shape index (κ3) is 3.75. The van der Waals surface area contributed by atoms with E-state index >= 15 is 0 Å². The Bertz CT molecular complexity index is 636. The van der Waals surface area contributed by atoms with Crippen LogP contribution >= 0.6 is 0 Å². The van der Waals surface area contributed by atoms with E-state index in [1.165, 1.54) is 0 Å². The zero-order chi connectivity index (χ0) is 15.5. The summed E-state index contributed by atoms with van der Waals surface area (Å²) in [5.74, 6) is -1.57. The van der Waals surface area contributed by atoms with Crippen LogP contribution in [0.5, 0.6) is 5.75 Å². The largest absolute Gasteiger partial charge is 0.507 e. The number of phenolic OH excluding ortho intramolecular Hbond substituents is 1. The molecule has 1 N–H and O–H groups in total. The van der Waals surface area contributed by atoms with Crippen LogP contribution in [0.15, 0.2) is 48.5 Å². The molecule has 0 fully saturated rings. The highest BCUT2D eigenvalue weighted by atomic mass is 19.4. The van der Waals surface area contributed by atoms with Gasteiger partial charge in [-0.15, -0.1) is 0 Å². The zero-order valence-electron chi connectivity index (χ0n) is 10.7. The summed E-state index contributed by atoms with van der Waals surface area (Å²) < 4.78 is 42.6. The second kappa shape index (κ2) is 5.87. The highest BCUT2D eigenvalue weighted by Crippen LogP contribution is 2.32. The van der Waals surface area contributed by atoms with Crippen molar-refractivity contribution in [2.75, 3.05) is 0 Å². The third-order valence-electron chi connectivity index (χ3n) is 2.76. The summed E-state index contributed by atoms with van der Waals surface area (Å²) in [5, 5.41) is 9.50. The Labute approximate surface area is 118 Å². The average Bonchev–Trinajstić information content (AvgIpc) is 2.45. The SMILES string of the molecule is O=C(OCc1ccccc1)c1cc(C(F)(F)F)ccc1O. The van der Waals surface area contributed by atoms with Crippen molar-refractivity contribution in [3.8, 4) is 5.75 Å². The molecule has 0 amide bonds. The number of phenols is 1. The summed E-state index contributed by atoms with van der Waals surface area (Å²) in [7, 11) is 0. The minimum absolute atomic E-state index is 0.0879. The Hall–Kier alpha value is -2.50. The van der Waals surface area contributed by atoms with E-state index in [1.54, 1.807) is 30.3 Å². The molecule has 0 bridgehead atoms. The molecular formula is C15H11F3O3. The summed E-state index contributed by atoms with van der Waals surface area (Å²) in [4.78, 5) is 11.8. The Morgan fingerprint density at radius 1 is 1.10 bits per heavy atom. The molecule has 0 atom stereocenters. The molecule has 0 radical (unpaired) electrons. The Kier molecular flexibility index (Phi) is 4.16. The third-order valence-corrected chi connectivity index (χ3v) is 2.76. The van der Waals surface area contributed by atoms with E-state index < -0.39 is 29.0 Å². The summed E-state index contributed by atoms with van der Waals surface area (Å²) in [6.07, 6.45) is -4.60. The number of hydrogen-bond acceptors (Lipinski definition) is 3. The van der Waals surface area contributed by atoms with Crippen LogP contribution in [-0.2, 0) is 17.5 Å². The molecular weight excluding hydrogens is 285 g/mol. The van der Waals surface area contributed by atoms with Gasteiger partial charge in [-0.05, 0) is 23.8 Å². The van der Waals surface area contributed by atoms with Gasteiger partial charge in [0.2, 0.25) is 0 Å². The highest BCUT2D eigenvalue weighted by Gasteiger charge is 2.32. The van der Waals surface area contributed by atoms with Gasteiger partial charge in [0.05, 0.1) is 5.56 Å². The van der Waals surface area contributed by atoms with E-state index in [2.05, 4.69) is 0 Å². The number of alkyl halides is 3. The molecule has 0 saturated carbocycles. The van der Waals surface area contributed by atoms with Crippen LogP contribution in [0.2, 0.25) is 0 Å². The van der Waals surface area contributed by atoms with Gasteiger partial charge in [0, 0.05) is 0 Å². The molecule has 0 aromatic heterocycles. The lowest BCUT2D eigenvalue weighted by atomic mass is 10.1. The number of hydrogen-bond donors (Lipinski definition) is 1. The number of halogens is 3. The number of carbonyl (C=O) groups excluding carboxylic acids is 1. The van der Waals surface area contributed by atoms with Crippen LogP contribution in [-0.4, -0.2) is 11.1 Å². The predicted molar refractivity (Wildman–Crippen MR) is 68.7 cm³/mol. The van der Waals surface area contributed by atoms with Crippen LogP contribution < -0.4 is 0 Å². The van der Waals surface area contributed by atoms with Crippen LogP contribution in [0, 0.1) is 0 Å². The van der Waals surface area contributed by atoms with E-state index in [4.69, 9.17) is 4.74 Å². The number of aromatic hydroxyl groups is 1. The topological polar surface area (TPSA) is 46.5 Å². The maximum atomic E-state index is 12.6. The van der Waals surface area contributed by atoms with Gasteiger partial charge in [0.1, 0.15) is 17.9 Å². The summed E-state index contributed by atoms with van der Waals surface area (Å²) in [6, 6.07) is 10.8. The molecule has 0 aliphatic rings. The van der Waals surface area contributed by atoms with Gasteiger partial charge in [0.25, 0.3) is 0 Å². The fourth-order valence-corrected chi connectivity index (χ4v) is 1.68. The van der Waals surface area contributed by atoms with Crippen molar-refractivity contribution < 1.29 is 27.8 Å². The maximum absolute atomic E-state index is 12.6. The number of esters is 1. The molecule has 2 aromatic rings. The summed E-state index contributed by atoms with van der Waals surface area (Å²) in [5.41, 5.74) is -0.843. The fraction of sp³-hybridized carbons (Fsp3) is 0.133. The quantitative estimate of drug-likeness (QED) is 0.877. The highest BCUT2D eigenvalue weighted by molar-refractivity contribution is 5.92. The smallest absolute Gasteiger partial charge is 0.416 e. The van der Waals surface area contributed by atoms with Gasteiger partial charge >= 0.3 is 12.1 Å². The van der Waals surface area contributed by atoms with Gasteiger partial charge in [-0.2, -0.15) is 13.2 Å². The molecule has 3 nitrogen and oxygen atoms in total. The van der Waals surface area contributed by atoms with Crippen molar-refractivity contribution in [2.45, 2.75) is 12.8 Å². The van der Waals surface area contributed by atoms with Crippen LogP contribution in [0.25, 0.3) is 0 Å². The van der Waals surface area contributed by atoms with Crippen molar-refractivity contribution >= 4 is 5.97 Å². The summed E-state index contributed by atoms with van der Waals surface area (Å²) in [6.45, 7) is -0.0879. The summed E-state index contributed by atoms with van der Waals surface area (Å²) >= 11 is 0. The Balaban J connectivity index is 2.15. The molecule has 0 saturated heterocycles. The van der Waals surface area contributed by atoms with Gasteiger partial charge in [0.15, 0.2) is 0 Å². The van der Waals surface area contributed by atoms with Gasteiger partial charge in [-0.25, -0.2) is 4.79 Å². The number of carbonyl (C=O) groups is 1. The first-order valence-electron chi connectivity index (χ1n) is 5.99. The van der Waals surface area contributed by atoms with E-state index in [0.717, 1.165) is 6.07 Å². The van der Waals surface area contributed by atoms with Crippen molar-refractivity contribution in [2.24, 2.45) is 0 Å². The molecule has 0 aliphatic carbocycles. The molecule has 110 valence electrons. The molecule has 21 heavy (non-hydrogen) atoms. The second-order valence-electron chi connectivity index (χ2n) is 4.29. The monoisotopic (exact) mass is 296 g/mol.